The number of piperidine rings is 1. The molecule has 0 bridgehead atoms. The van der Waals surface area contributed by atoms with Crippen LogP contribution in [0, 0.1) is 0 Å². The molecule has 1 aromatic carbocycles. The van der Waals surface area contributed by atoms with Crippen LogP contribution < -0.4 is 5.32 Å². The molecule has 8 heteroatoms. The number of benzene rings is 1. The summed E-state index contributed by atoms with van der Waals surface area (Å²) < 4.78 is 27.3. The van der Waals surface area contributed by atoms with Crippen molar-refractivity contribution >= 4 is 27.5 Å². The Morgan fingerprint density at radius 1 is 0.935 bits per heavy atom. The molecule has 2 heterocycles. The van der Waals surface area contributed by atoms with Gasteiger partial charge in [-0.25, -0.2) is 8.42 Å². The highest BCUT2D eigenvalue weighted by molar-refractivity contribution is 7.89. The Labute approximate surface area is 191 Å². The number of sulfonamides is 1. The van der Waals surface area contributed by atoms with Crippen LogP contribution in [0.5, 0.6) is 0 Å². The van der Waals surface area contributed by atoms with Crippen LogP contribution in [0.1, 0.15) is 74.6 Å². The summed E-state index contributed by atoms with van der Waals surface area (Å²) >= 11 is 6.33. The molecule has 1 N–H and O–H groups in total. The molecule has 172 valence electrons. The van der Waals surface area contributed by atoms with Gasteiger partial charge < -0.3 is 5.32 Å². The van der Waals surface area contributed by atoms with Gasteiger partial charge in [0.25, 0.3) is 5.91 Å². The topological polar surface area (TPSA) is 69.7 Å². The second kappa shape index (κ2) is 9.77. The summed E-state index contributed by atoms with van der Waals surface area (Å²) in [5.74, 6) is -0.287. The number of likely N-dealkylation sites (tertiary alicyclic amines) is 1. The summed E-state index contributed by atoms with van der Waals surface area (Å²) in [6, 6.07) is 4.48. The van der Waals surface area contributed by atoms with Crippen molar-refractivity contribution in [2.75, 3.05) is 32.7 Å². The minimum Gasteiger partial charge on any atom is -0.350 e. The SMILES string of the molecule is O=C(NCC1(N2CCCCC2)CCCCC1)c1cc(S(=O)(=O)N2CCCC2)ccc1Cl. The summed E-state index contributed by atoms with van der Waals surface area (Å²) in [6.45, 7) is 3.85. The zero-order chi connectivity index (χ0) is 21.9. The molecular formula is C23H34ClN3O3S. The van der Waals surface area contributed by atoms with E-state index in [1.807, 2.05) is 0 Å². The molecule has 0 unspecified atom stereocenters. The Bertz CT molecular complexity index is 887. The molecule has 1 saturated carbocycles. The van der Waals surface area contributed by atoms with Crippen LogP contribution in [0.15, 0.2) is 23.1 Å². The van der Waals surface area contributed by atoms with Crippen molar-refractivity contribution in [3.8, 4) is 0 Å². The lowest BCUT2D eigenvalue weighted by Gasteiger charge is -2.48. The van der Waals surface area contributed by atoms with Crippen LogP contribution in [0.2, 0.25) is 5.02 Å². The lowest BCUT2D eigenvalue weighted by atomic mass is 9.79. The van der Waals surface area contributed by atoms with Gasteiger partial charge in [0, 0.05) is 25.2 Å². The van der Waals surface area contributed by atoms with Gasteiger partial charge in [-0.15, -0.1) is 0 Å². The quantitative estimate of drug-likeness (QED) is 0.685. The molecule has 6 nitrogen and oxygen atoms in total. The number of carbonyl (C=O) groups is 1. The number of hydrogen-bond acceptors (Lipinski definition) is 4. The zero-order valence-corrected chi connectivity index (χ0v) is 19.8. The molecule has 2 aliphatic heterocycles. The Morgan fingerprint density at radius 2 is 1.55 bits per heavy atom. The Balaban J connectivity index is 1.51. The summed E-state index contributed by atoms with van der Waals surface area (Å²) in [5.41, 5.74) is 0.256. The van der Waals surface area contributed by atoms with Gasteiger partial charge in [-0.05, 0) is 69.8 Å². The van der Waals surface area contributed by atoms with Gasteiger partial charge in [0.05, 0.1) is 15.5 Å². The van der Waals surface area contributed by atoms with Crippen molar-refractivity contribution in [3.63, 3.8) is 0 Å². The molecule has 1 aliphatic carbocycles. The fourth-order valence-corrected chi connectivity index (χ4v) is 7.19. The number of rotatable bonds is 6. The lowest BCUT2D eigenvalue weighted by Crippen LogP contribution is -2.58. The molecule has 3 aliphatic rings. The fraction of sp³-hybridized carbons (Fsp3) is 0.696. The average molecular weight is 468 g/mol. The van der Waals surface area contributed by atoms with Crippen LogP contribution in [-0.4, -0.2) is 61.8 Å². The minimum atomic E-state index is -3.59. The van der Waals surface area contributed by atoms with E-state index >= 15 is 0 Å². The van der Waals surface area contributed by atoms with Gasteiger partial charge in [-0.2, -0.15) is 4.31 Å². The molecule has 0 spiro atoms. The summed E-state index contributed by atoms with van der Waals surface area (Å²) in [7, 11) is -3.59. The summed E-state index contributed by atoms with van der Waals surface area (Å²) in [4.78, 5) is 15.8. The van der Waals surface area contributed by atoms with Crippen molar-refractivity contribution in [2.24, 2.45) is 0 Å². The van der Waals surface area contributed by atoms with E-state index in [0.717, 1.165) is 38.8 Å². The first-order valence-electron chi connectivity index (χ1n) is 11.8. The highest BCUT2D eigenvalue weighted by Gasteiger charge is 2.38. The van der Waals surface area contributed by atoms with Gasteiger partial charge in [-0.3, -0.25) is 9.69 Å². The summed E-state index contributed by atoms with van der Waals surface area (Å²) in [6.07, 6.45) is 11.3. The predicted molar refractivity (Wildman–Crippen MR) is 123 cm³/mol. The minimum absolute atomic E-state index is 0.0139. The Kier molecular flexibility index (Phi) is 7.26. The summed E-state index contributed by atoms with van der Waals surface area (Å²) in [5, 5.41) is 3.41. The lowest BCUT2D eigenvalue weighted by molar-refractivity contribution is 0.0326. The molecule has 31 heavy (non-hydrogen) atoms. The van der Waals surface area contributed by atoms with Gasteiger partial charge in [0.2, 0.25) is 10.0 Å². The van der Waals surface area contributed by atoms with Gasteiger partial charge >= 0.3 is 0 Å². The van der Waals surface area contributed by atoms with Crippen molar-refractivity contribution in [1.82, 2.24) is 14.5 Å². The predicted octanol–water partition coefficient (Wildman–Crippen LogP) is 4.04. The van der Waals surface area contributed by atoms with E-state index < -0.39 is 10.0 Å². The van der Waals surface area contributed by atoms with Gasteiger partial charge in [0.15, 0.2) is 0 Å². The number of hydrogen-bond donors (Lipinski definition) is 1. The standard InChI is InChI=1S/C23H34ClN3O3S/c24-21-10-9-19(31(29,30)27-15-7-8-16-27)17-20(21)22(28)25-18-23(11-3-1-4-12-23)26-13-5-2-6-14-26/h9-10,17H,1-8,11-16,18H2,(H,25,28). The van der Waals surface area contributed by atoms with E-state index in [1.54, 1.807) is 0 Å². The first kappa shape index (κ1) is 23.0. The first-order valence-corrected chi connectivity index (χ1v) is 13.6. The van der Waals surface area contributed by atoms with E-state index in [2.05, 4.69) is 10.2 Å². The van der Waals surface area contributed by atoms with Crippen LogP contribution in [0.25, 0.3) is 0 Å². The van der Waals surface area contributed by atoms with Crippen molar-refractivity contribution in [1.29, 1.82) is 0 Å². The van der Waals surface area contributed by atoms with Crippen molar-refractivity contribution in [2.45, 2.75) is 74.6 Å². The second-order valence-corrected chi connectivity index (χ2v) is 11.6. The smallest absolute Gasteiger partial charge is 0.252 e. The Morgan fingerprint density at radius 3 is 2.23 bits per heavy atom. The maximum Gasteiger partial charge on any atom is 0.252 e. The van der Waals surface area contributed by atoms with E-state index in [-0.39, 0.29) is 26.9 Å². The molecule has 0 atom stereocenters. The van der Waals surface area contributed by atoms with Crippen LogP contribution in [-0.2, 0) is 10.0 Å². The van der Waals surface area contributed by atoms with E-state index in [0.29, 0.717) is 19.6 Å². The van der Waals surface area contributed by atoms with E-state index in [9.17, 15) is 13.2 Å². The zero-order valence-electron chi connectivity index (χ0n) is 18.2. The number of amides is 1. The third kappa shape index (κ3) is 4.95. The molecule has 0 radical (unpaired) electrons. The maximum absolute atomic E-state index is 13.1. The highest BCUT2D eigenvalue weighted by Crippen LogP contribution is 2.35. The maximum atomic E-state index is 13.1. The average Bonchev–Trinajstić information content (AvgIpc) is 3.35. The monoisotopic (exact) mass is 467 g/mol. The number of nitrogens with zero attached hydrogens (tertiary/aromatic N) is 2. The number of carbonyl (C=O) groups excluding carboxylic acids is 1. The largest absolute Gasteiger partial charge is 0.350 e. The molecule has 4 rings (SSSR count). The number of halogens is 1. The molecule has 0 aromatic heterocycles. The van der Waals surface area contributed by atoms with E-state index in [4.69, 9.17) is 11.6 Å². The van der Waals surface area contributed by atoms with Crippen LogP contribution in [0.3, 0.4) is 0 Å². The normalized spacial score (nSPS) is 23.0. The first-order chi connectivity index (χ1) is 14.9. The number of nitrogens with one attached hydrogen (secondary N) is 1. The second-order valence-electron chi connectivity index (χ2n) is 9.27. The third-order valence-electron chi connectivity index (χ3n) is 7.27. The molecule has 3 fully saturated rings. The molecular weight excluding hydrogens is 434 g/mol. The molecule has 2 saturated heterocycles. The van der Waals surface area contributed by atoms with Crippen LogP contribution >= 0.6 is 11.6 Å². The highest BCUT2D eigenvalue weighted by atomic mass is 35.5. The van der Waals surface area contributed by atoms with Gasteiger partial charge in [0.1, 0.15) is 0 Å². The molecule has 1 aromatic rings. The van der Waals surface area contributed by atoms with Crippen molar-refractivity contribution in [3.05, 3.63) is 28.8 Å². The third-order valence-corrected chi connectivity index (χ3v) is 9.50. The van der Waals surface area contributed by atoms with E-state index in [1.165, 1.54) is 61.0 Å². The fourth-order valence-electron chi connectivity index (χ4n) is 5.44. The van der Waals surface area contributed by atoms with Gasteiger partial charge in [-0.1, -0.05) is 37.3 Å². The molecule has 1 amide bonds. The van der Waals surface area contributed by atoms with Crippen molar-refractivity contribution < 1.29 is 13.2 Å². The Hall–Kier alpha value is -1.15. The van der Waals surface area contributed by atoms with Crippen LogP contribution in [0.4, 0.5) is 0 Å².